The molecule has 1 aromatic rings. The number of imidazole rings is 1. The van der Waals surface area contributed by atoms with Crippen molar-refractivity contribution in [3.05, 3.63) is 18.2 Å². The predicted molar refractivity (Wildman–Crippen MR) is 66.1 cm³/mol. The van der Waals surface area contributed by atoms with E-state index in [2.05, 4.69) is 10.3 Å². The molecule has 1 heterocycles. The van der Waals surface area contributed by atoms with Crippen LogP contribution in [0, 0.1) is 0 Å². The van der Waals surface area contributed by atoms with Crippen molar-refractivity contribution in [3.8, 4) is 0 Å². The first-order valence-electron chi connectivity index (χ1n) is 6.04. The SMILES string of the molecule is C[C@@H](NC(=O)OC(C)(C)C)c1cncn1CC(F)(F)F. The number of aromatic nitrogens is 2. The summed E-state index contributed by atoms with van der Waals surface area (Å²) in [4.78, 5) is 15.3. The van der Waals surface area contributed by atoms with Crippen molar-refractivity contribution in [2.45, 2.75) is 52.1 Å². The lowest BCUT2D eigenvalue weighted by Crippen LogP contribution is -2.35. The van der Waals surface area contributed by atoms with Gasteiger partial charge in [-0.3, -0.25) is 0 Å². The maximum Gasteiger partial charge on any atom is 0.408 e. The molecule has 20 heavy (non-hydrogen) atoms. The molecule has 0 bridgehead atoms. The summed E-state index contributed by atoms with van der Waals surface area (Å²) >= 11 is 0. The van der Waals surface area contributed by atoms with E-state index in [1.165, 1.54) is 6.20 Å². The molecule has 0 saturated heterocycles. The predicted octanol–water partition coefficient (Wildman–Crippen LogP) is 3.03. The lowest BCUT2D eigenvalue weighted by molar-refractivity contribution is -0.141. The summed E-state index contributed by atoms with van der Waals surface area (Å²) in [6.07, 6.45) is -2.67. The Balaban J connectivity index is 2.71. The lowest BCUT2D eigenvalue weighted by Gasteiger charge is -2.22. The molecule has 0 spiro atoms. The molecule has 0 aliphatic carbocycles. The van der Waals surface area contributed by atoms with E-state index in [1.807, 2.05) is 0 Å². The van der Waals surface area contributed by atoms with E-state index >= 15 is 0 Å². The number of amides is 1. The summed E-state index contributed by atoms with van der Waals surface area (Å²) < 4.78 is 43.2. The van der Waals surface area contributed by atoms with Crippen molar-refractivity contribution in [1.82, 2.24) is 14.9 Å². The van der Waals surface area contributed by atoms with Crippen LogP contribution in [0.15, 0.2) is 12.5 Å². The zero-order valence-corrected chi connectivity index (χ0v) is 11.8. The molecule has 0 saturated carbocycles. The van der Waals surface area contributed by atoms with E-state index in [0.717, 1.165) is 10.9 Å². The summed E-state index contributed by atoms with van der Waals surface area (Å²) in [5.74, 6) is 0. The Hall–Kier alpha value is -1.73. The monoisotopic (exact) mass is 293 g/mol. The Kier molecular flexibility index (Phi) is 4.67. The smallest absolute Gasteiger partial charge is 0.408 e. The van der Waals surface area contributed by atoms with E-state index in [9.17, 15) is 18.0 Å². The topological polar surface area (TPSA) is 56.1 Å². The number of hydrogen-bond donors (Lipinski definition) is 1. The van der Waals surface area contributed by atoms with Crippen LogP contribution in [0.4, 0.5) is 18.0 Å². The molecule has 1 aromatic heterocycles. The van der Waals surface area contributed by atoms with Crippen LogP contribution in [0.25, 0.3) is 0 Å². The van der Waals surface area contributed by atoms with Crippen LogP contribution >= 0.6 is 0 Å². The second-order valence-corrected chi connectivity index (χ2v) is 5.43. The van der Waals surface area contributed by atoms with Gasteiger partial charge in [0.25, 0.3) is 0 Å². The molecule has 1 rings (SSSR count). The van der Waals surface area contributed by atoms with Gasteiger partial charge in [0.1, 0.15) is 12.1 Å². The van der Waals surface area contributed by atoms with E-state index in [1.54, 1.807) is 27.7 Å². The number of ether oxygens (including phenoxy) is 1. The standard InChI is InChI=1S/C12H18F3N3O2/c1-8(17-10(19)20-11(2,3)4)9-5-16-7-18(9)6-12(13,14)15/h5,7-8H,6H2,1-4H3,(H,17,19)/t8-/m1/s1. The molecule has 1 amide bonds. The molecule has 0 aliphatic heterocycles. The van der Waals surface area contributed by atoms with E-state index in [0.29, 0.717) is 0 Å². The van der Waals surface area contributed by atoms with Gasteiger partial charge in [-0.2, -0.15) is 13.2 Å². The Morgan fingerprint density at radius 3 is 2.55 bits per heavy atom. The number of nitrogens with zero attached hydrogens (tertiary/aromatic N) is 2. The van der Waals surface area contributed by atoms with Crippen LogP contribution in [-0.4, -0.2) is 27.4 Å². The van der Waals surface area contributed by atoms with E-state index < -0.39 is 30.5 Å². The van der Waals surface area contributed by atoms with Crippen LogP contribution in [0.5, 0.6) is 0 Å². The molecule has 0 fully saturated rings. The highest BCUT2D eigenvalue weighted by Crippen LogP contribution is 2.21. The van der Waals surface area contributed by atoms with Gasteiger partial charge in [0, 0.05) is 0 Å². The van der Waals surface area contributed by atoms with Crippen LogP contribution in [0.1, 0.15) is 39.4 Å². The van der Waals surface area contributed by atoms with Crippen molar-refractivity contribution in [2.75, 3.05) is 0 Å². The minimum atomic E-state index is -4.35. The summed E-state index contributed by atoms with van der Waals surface area (Å²) in [6.45, 7) is 5.51. The van der Waals surface area contributed by atoms with Crippen molar-refractivity contribution < 1.29 is 22.7 Å². The molecule has 1 atom stereocenters. The summed E-state index contributed by atoms with van der Waals surface area (Å²) in [5.41, 5.74) is -0.413. The Bertz CT molecular complexity index is 463. The molecule has 0 aromatic carbocycles. The van der Waals surface area contributed by atoms with Crippen molar-refractivity contribution in [2.24, 2.45) is 0 Å². The number of hydrogen-bond acceptors (Lipinski definition) is 3. The summed E-state index contributed by atoms with van der Waals surface area (Å²) in [6, 6.07) is -0.644. The molecule has 5 nitrogen and oxygen atoms in total. The van der Waals surface area contributed by atoms with Crippen LogP contribution in [-0.2, 0) is 11.3 Å². The average molecular weight is 293 g/mol. The minimum Gasteiger partial charge on any atom is -0.444 e. The summed E-state index contributed by atoms with van der Waals surface area (Å²) in [5, 5.41) is 2.48. The largest absolute Gasteiger partial charge is 0.444 e. The molecule has 8 heteroatoms. The third-order valence-corrected chi connectivity index (χ3v) is 2.27. The molecule has 0 unspecified atom stereocenters. The lowest BCUT2D eigenvalue weighted by atomic mass is 10.2. The molecule has 114 valence electrons. The number of carbonyl (C=O) groups excluding carboxylic acids is 1. The highest BCUT2D eigenvalue weighted by atomic mass is 19.4. The number of halogens is 3. The number of carbonyl (C=O) groups is 1. The molecular weight excluding hydrogens is 275 g/mol. The van der Waals surface area contributed by atoms with Crippen molar-refractivity contribution in [1.29, 1.82) is 0 Å². The maximum absolute atomic E-state index is 12.4. The highest BCUT2D eigenvalue weighted by Gasteiger charge is 2.30. The number of alkyl carbamates (subject to hydrolysis) is 1. The Labute approximate surface area is 115 Å². The minimum absolute atomic E-state index is 0.258. The van der Waals surface area contributed by atoms with Crippen LogP contribution < -0.4 is 5.32 Å². The number of nitrogens with one attached hydrogen (secondary N) is 1. The normalized spacial score (nSPS) is 13.9. The van der Waals surface area contributed by atoms with Gasteiger partial charge in [-0.05, 0) is 27.7 Å². The van der Waals surface area contributed by atoms with Gasteiger partial charge in [0.05, 0.1) is 24.3 Å². The maximum atomic E-state index is 12.4. The van der Waals surface area contributed by atoms with Gasteiger partial charge >= 0.3 is 12.3 Å². The molecular formula is C12H18F3N3O2. The fourth-order valence-corrected chi connectivity index (χ4v) is 1.58. The first kappa shape index (κ1) is 16.3. The van der Waals surface area contributed by atoms with Crippen LogP contribution in [0.3, 0.4) is 0 Å². The second-order valence-electron chi connectivity index (χ2n) is 5.43. The van der Waals surface area contributed by atoms with E-state index in [-0.39, 0.29) is 5.69 Å². The Morgan fingerprint density at radius 1 is 1.45 bits per heavy atom. The Morgan fingerprint density at radius 2 is 2.05 bits per heavy atom. The van der Waals surface area contributed by atoms with Gasteiger partial charge in [-0.1, -0.05) is 0 Å². The molecule has 1 N–H and O–H groups in total. The van der Waals surface area contributed by atoms with Gasteiger partial charge < -0.3 is 14.6 Å². The fraction of sp³-hybridized carbons (Fsp3) is 0.667. The molecule has 0 radical (unpaired) electrons. The van der Waals surface area contributed by atoms with Gasteiger partial charge in [-0.25, -0.2) is 9.78 Å². The number of rotatable bonds is 3. The van der Waals surface area contributed by atoms with Gasteiger partial charge in [0.15, 0.2) is 0 Å². The van der Waals surface area contributed by atoms with Crippen LogP contribution in [0.2, 0.25) is 0 Å². The average Bonchev–Trinajstić information content (AvgIpc) is 2.59. The summed E-state index contributed by atoms with van der Waals surface area (Å²) in [7, 11) is 0. The third-order valence-electron chi connectivity index (χ3n) is 2.27. The van der Waals surface area contributed by atoms with Gasteiger partial charge in [0.2, 0.25) is 0 Å². The van der Waals surface area contributed by atoms with Crippen molar-refractivity contribution >= 4 is 6.09 Å². The zero-order chi connectivity index (χ0) is 15.6. The first-order valence-corrected chi connectivity index (χ1v) is 6.04. The second kappa shape index (κ2) is 5.72. The first-order chi connectivity index (χ1) is 8.98. The molecule has 0 aliphatic rings. The zero-order valence-electron chi connectivity index (χ0n) is 11.8. The third kappa shape index (κ3) is 5.50. The quantitative estimate of drug-likeness (QED) is 0.932. The van der Waals surface area contributed by atoms with Crippen molar-refractivity contribution in [3.63, 3.8) is 0 Å². The highest BCUT2D eigenvalue weighted by molar-refractivity contribution is 5.68. The number of alkyl halides is 3. The van der Waals surface area contributed by atoms with Gasteiger partial charge in [-0.15, -0.1) is 0 Å². The van der Waals surface area contributed by atoms with E-state index in [4.69, 9.17) is 4.74 Å². The fourth-order valence-electron chi connectivity index (χ4n) is 1.58.